The molecule has 1 unspecified atom stereocenters. The Kier molecular flexibility index (Phi) is 7.26. The Labute approximate surface area is 178 Å². The lowest BCUT2D eigenvalue weighted by atomic mass is 10.1. The van der Waals surface area contributed by atoms with Gasteiger partial charge in [-0.15, -0.1) is 0 Å². The van der Waals surface area contributed by atoms with Crippen LogP contribution in [-0.4, -0.2) is 63.0 Å². The van der Waals surface area contributed by atoms with E-state index in [9.17, 15) is 18.0 Å². The second-order valence-corrected chi connectivity index (χ2v) is 7.41. The fourth-order valence-electron chi connectivity index (χ4n) is 3.34. The molecule has 0 saturated heterocycles. The minimum absolute atomic E-state index is 0.246. The Morgan fingerprint density at radius 3 is 2.90 bits per heavy atom. The third-order valence-electron chi connectivity index (χ3n) is 4.92. The number of likely N-dealkylation sites (N-methyl/N-ethyl adjacent to an activating group) is 1. The number of anilines is 2. The van der Waals surface area contributed by atoms with Crippen molar-refractivity contribution >= 4 is 23.1 Å². The van der Waals surface area contributed by atoms with Gasteiger partial charge in [0.25, 0.3) is 0 Å². The lowest BCUT2D eigenvalue weighted by molar-refractivity contribution is -0.177. The van der Waals surface area contributed by atoms with Gasteiger partial charge in [-0.25, -0.2) is 9.97 Å². The number of aromatic nitrogens is 4. The zero-order valence-electron chi connectivity index (χ0n) is 17.4. The van der Waals surface area contributed by atoms with Crippen molar-refractivity contribution in [1.29, 1.82) is 0 Å². The van der Waals surface area contributed by atoms with Crippen molar-refractivity contribution in [2.24, 2.45) is 7.05 Å². The molecule has 1 amide bonds. The molecule has 1 atom stereocenters. The van der Waals surface area contributed by atoms with Crippen LogP contribution in [0.5, 0.6) is 0 Å². The van der Waals surface area contributed by atoms with Crippen LogP contribution >= 0.6 is 0 Å². The lowest BCUT2D eigenvalue weighted by Gasteiger charge is -2.25. The van der Waals surface area contributed by atoms with Crippen molar-refractivity contribution in [2.45, 2.75) is 37.9 Å². The normalized spacial score (nSPS) is 17.1. The number of carbonyl (C=O) groups is 1. The summed E-state index contributed by atoms with van der Waals surface area (Å²) < 4.78 is 42.9. The number of carbonyl (C=O) groups excluding carboxylic acids is 1. The average Bonchev–Trinajstić information content (AvgIpc) is 2.97. The van der Waals surface area contributed by atoms with E-state index in [-0.39, 0.29) is 6.04 Å². The van der Waals surface area contributed by atoms with Crippen molar-refractivity contribution in [1.82, 2.24) is 24.6 Å². The summed E-state index contributed by atoms with van der Waals surface area (Å²) in [5.41, 5.74) is 2.47. The number of nitrogens with zero attached hydrogens (tertiary/aromatic N) is 5. The van der Waals surface area contributed by atoms with Gasteiger partial charge in [0.05, 0.1) is 23.6 Å². The molecule has 0 bridgehead atoms. The molecule has 0 radical (unpaired) electrons. The Hall–Kier alpha value is -2.95. The minimum Gasteiger partial charge on any atom is -0.362 e. The summed E-state index contributed by atoms with van der Waals surface area (Å²) in [6.07, 6.45) is 5.94. The average molecular weight is 438 g/mol. The van der Waals surface area contributed by atoms with E-state index in [0.29, 0.717) is 5.95 Å². The summed E-state index contributed by atoms with van der Waals surface area (Å²) in [5, 5.41) is 7.20. The molecule has 0 spiro atoms. The van der Waals surface area contributed by atoms with Crippen molar-refractivity contribution in [3.05, 3.63) is 36.4 Å². The van der Waals surface area contributed by atoms with Gasteiger partial charge in [0, 0.05) is 26.5 Å². The second kappa shape index (κ2) is 9.90. The maximum absolute atomic E-state index is 12.3. The number of alkyl halides is 3. The molecule has 2 aromatic rings. The Morgan fingerprint density at radius 1 is 1.39 bits per heavy atom. The molecule has 1 aliphatic rings. The molecular weight excluding hydrogens is 413 g/mol. The van der Waals surface area contributed by atoms with Crippen molar-refractivity contribution < 1.29 is 22.7 Å². The van der Waals surface area contributed by atoms with E-state index in [1.165, 1.54) is 4.90 Å². The van der Waals surface area contributed by atoms with E-state index in [1.54, 1.807) is 36.4 Å². The van der Waals surface area contributed by atoms with E-state index in [1.807, 2.05) is 13.1 Å². The van der Waals surface area contributed by atoms with E-state index in [2.05, 4.69) is 25.1 Å². The highest BCUT2D eigenvalue weighted by Gasteiger charge is 2.29. The highest BCUT2D eigenvalue weighted by Crippen LogP contribution is 2.27. The predicted molar refractivity (Wildman–Crippen MR) is 108 cm³/mol. The standard InChI is InChI=1S/C20H25F3N6O2/c1-28-11-15(10-25-28)26-19-24-8-7-17(27-19)14-5-3-4-6-16(9-14)29(2)18(30)12-31-13-20(21,22)23/h7-11,16H,3-6,12-13H2,1-2H3,(H,24,26,27). The fourth-order valence-corrected chi connectivity index (χ4v) is 3.34. The number of aryl methyl sites for hydroxylation is 1. The molecular formula is C20H25F3N6O2. The first kappa shape index (κ1) is 22.7. The van der Waals surface area contributed by atoms with Crippen LogP contribution in [0.1, 0.15) is 31.4 Å². The monoisotopic (exact) mass is 438 g/mol. The maximum atomic E-state index is 12.3. The van der Waals surface area contributed by atoms with Crippen LogP contribution in [0, 0.1) is 0 Å². The molecule has 0 saturated carbocycles. The van der Waals surface area contributed by atoms with Gasteiger partial charge >= 0.3 is 6.18 Å². The molecule has 1 aliphatic carbocycles. The fraction of sp³-hybridized carbons (Fsp3) is 0.500. The predicted octanol–water partition coefficient (Wildman–Crippen LogP) is 3.32. The third kappa shape index (κ3) is 6.78. The van der Waals surface area contributed by atoms with E-state index >= 15 is 0 Å². The van der Waals surface area contributed by atoms with Crippen LogP contribution in [0.15, 0.2) is 30.7 Å². The molecule has 2 heterocycles. The van der Waals surface area contributed by atoms with Crippen LogP contribution in [0.2, 0.25) is 0 Å². The summed E-state index contributed by atoms with van der Waals surface area (Å²) >= 11 is 0. The Balaban J connectivity index is 1.70. The van der Waals surface area contributed by atoms with Gasteiger partial charge in [0.1, 0.15) is 13.2 Å². The molecule has 168 valence electrons. The highest BCUT2D eigenvalue weighted by atomic mass is 19.4. The number of hydrogen-bond donors (Lipinski definition) is 1. The van der Waals surface area contributed by atoms with E-state index in [0.717, 1.165) is 42.6 Å². The molecule has 3 rings (SSSR count). The molecule has 2 aromatic heterocycles. The molecule has 31 heavy (non-hydrogen) atoms. The topological polar surface area (TPSA) is 85.2 Å². The molecule has 8 nitrogen and oxygen atoms in total. The van der Waals surface area contributed by atoms with Crippen molar-refractivity contribution in [3.63, 3.8) is 0 Å². The van der Waals surface area contributed by atoms with Crippen LogP contribution in [0.25, 0.3) is 5.57 Å². The molecule has 1 N–H and O–H groups in total. The first-order valence-corrected chi connectivity index (χ1v) is 9.91. The highest BCUT2D eigenvalue weighted by molar-refractivity contribution is 5.78. The third-order valence-corrected chi connectivity index (χ3v) is 4.92. The molecule has 0 aliphatic heterocycles. The molecule has 11 heteroatoms. The Morgan fingerprint density at radius 2 is 2.19 bits per heavy atom. The lowest BCUT2D eigenvalue weighted by Crippen LogP contribution is -2.38. The zero-order chi connectivity index (χ0) is 22.4. The van der Waals surface area contributed by atoms with Crippen LogP contribution in [0.4, 0.5) is 24.8 Å². The van der Waals surface area contributed by atoms with Gasteiger partial charge in [-0.2, -0.15) is 18.3 Å². The van der Waals surface area contributed by atoms with Gasteiger partial charge in [0.15, 0.2) is 0 Å². The number of ether oxygens (including phenoxy) is 1. The summed E-state index contributed by atoms with van der Waals surface area (Å²) in [4.78, 5) is 22.6. The zero-order valence-corrected chi connectivity index (χ0v) is 17.4. The summed E-state index contributed by atoms with van der Waals surface area (Å²) in [7, 11) is 3.39. The molecule has 0 aromatic carbocycles. The smallest absolute Gasteiger partial charge is 0.362 e. The quantitative estimate of drug-likeness (QED) is 0.714. The van der Waals surface area contributed by atoms with Gasteiger partial charge in [0.2, 0.25) is 11.9 Å². The number of hydrogen-bond acceptors (Lipinski definition) is 6. The second-order valence-electron chi connectivity index (χ2n) is 7.41. The van der Waals surface area contributed by atoms with Crippen molar-refractivity contribution in [2.75, 3.05) is 25.6 Å². The van der Waals surface area contributed by atoms with Gasteiger partial charge < -0.3 is 15.0 Å². The maximum Gasteiger partial charge on any atom is 0.411 e. The van der Waals surface area contributed by atoms with Crippen LogP contribution in [-0.2, 0) is 16.6 Å². The molecule has 0 fully saturated rings. The Bertz CT molecular complexity index is 928. The van der Waals surface area contributed by atoms with E-state index in [4.69, 9.17) is 0 Å². The van der Waals surface area contributed by atoms with Gasteiger partial charge in [-0.3, -0.25) is 9.48 Å². The SMILES string of the molecule is CN(C(=O)COCC(F)(F)F)C1C=C(c2ccnc(Nc3cnn(C)c3)n2)CCCC1. The largest absolute Gasteiger partial charge is 0.411 e. The number of nitrogens with one attached hydrogen (secondary N) is 1. The van der Waals surface area contributed by atoms with E-state index < -0.39 is 25.3 Å². The first-order valence-electron chi connectivity index (χ1n) is 9.91. The summed E-state index contributed by atoms with van der Waals surface area (Å²) in [5.74, 6) is -0.0643. The number of amides is 1. The summed E-state index contributed by atoms with van der Waals surface area (Å²) in [6, 6.07) is 1.56. The summed E-state index contributed by atoms with van der Waals surface area (Å²) in [6.45, 7) is -2.05. The minimum atomic E-state index is -4.46. The van der Waals surface area contributed by atoms with Gasteiger partial charge in [-0.05, 0) is 30.9 Å². The van der Waals surface area contributed by atoms with Gasteiger partial charge in [-0.1, -0.05) is 12.5 Å². The number of rotatable bonds is 7. The number of allylic oxidation sites excluding steroid dienone is 1. The number of halogens is 3. The van der Waals surface area contributed by atoms with Crippen LogP contribution in [0.3, 0.4) is 0 Å². The van der Waals surface area contributed by atoms with Crippen molar-refractivity contribution in [3.8, 4) is 0 Å². The first-order chi connectivity index (χ1) is 14.7. The van der Waals surface area contributed by atoms with Crippen LogP contribution < -0.4 is 5.32 Å².